The normalized spacial score (nSPS) is 24.9. The molecule has 1 aliphatic carbocycles. The van der Waals surface area contributed by atoms with Crippen molar-refractivity contribution in [3.63, 3.8) is 0 Å². The maximum Gasteiger partial charge on any atom is 0.251 e. The molecule has 3 unspecified atom stereocenters. The molecule has 1 amide bonds. The van der Waals surface area contributed by atoms with Crippen LogP contribution >= 0.6 is 0 Å². The van der Waals surface area contributed by atoms with E-state index in [-0.39, 0.29) is 5.91 Å². The molecule has 1 aliphatic heterocycles. The molecular formula is C22H27N3O. The molecule has 3 atom stereocenters. The van der Waals surface area contributed by atoms with Crippen LogP contribution in [0.5, 0.6) is 0 Å². The van der Waals surface area contributed by atoms with E-state index >= 15 is 0 Å². The van der Waals surface area contributed by atoms with Gasteiger partial charge in [-0.25, -0.2) is 0 Å². The van der Waals surface area contributed by atoms with Gasteiger partial charge in [0.15, 0.2) is 0 Å². The number of carbonyl (C=O) groups excluding carboxylic acids is 1. The molecule has 1 saturated carbocycles. The van der Waals surface area contributed by atoms with E-state index in [0.29, 0.717) is 18.5 Å². The molecule has 4 N–H and O–H groups in total. The summed E-state index contributed by atoms with van der Waals surface area (Å²) < 4.78 is 0. The van der Waals surface area contributed by atoms with Crippen molar-refractivity contribution >= 4 is 5.91 Å². The lowest BCUT2D eigenvalue weighted by atomic mass is 9.94. The van der Waals surface area contributed by atoms with E-state index in [2.05, 4.69) is 16.7 Å². The van der Waals surface area contributed by atoms with Gasteiger partial charge in [-0.15, -0.1) is 0 Å². The van der Waals surface area contributed by atoms with Gasteiger partial charge in [0.25, 0.3) is 5.91 Å². The number of rotatable bonds is 5. The summed E-state index contributed by atoms with van der Waals surface area (Å²) in [5.41, 5.74) is 9.91. The van der Waals surface area contributed by atoms with Gasteiger partial charge >= 0.3 is 0 Å². The van der Waals surface area contributed by atoms with Crippen LogP contribution in [-0.2, 0) is 6.54 Å². The zero-order valence-corrected chi connectivity index (χ0v) is 15.1. The van der Waals surface area contributed by atoms with E-state index < -0.39 is 0 Å². The van der Waals surface area contributed by atoms with Gasteiger partial charge in [0.05, 0.1) is 0 Å². The fourth-order valence-electron chi connectivity index (χ4n) is 4.18. The summed E-state index contributed by atoms with van der Waals surface area (Å²) in [4.78, 5) is 12.5. The maximum atomic E-state index is 12.5. The second-order valence-corrected chi connectivity index (χ2v) is 7.52. The third-order valence-corrected chi connectivity index (χ3v) is 5.79. The Kier molecular flexibility index (Phi) is 5.05. The molecular weight excluding hydrogens is 322 g/mol. The van der Waals surface area contributed by atoms with E-state index in [1.54, 1.807) is 0 Å². The first-order chi connectivity index (χ1) is 12.8. The van der Waals surface area contributed by atoms with Crippen molar-refractivity contribution in [2.45, 2.75) is 31.8 Å². The fraction of sp³-hybridized carbons (Fsp3) is 0.409. The summed E-state index contributed by atoms with van der Waals surface area (Å²) in [7, 11) is 0. The number of hydrogen-bond acceptors (Lipinski definition) is 3. The minimum Gasteiger partial charge on any atom is -0.349 e. The summed E-state index contributed by atoms with van der Waals surface area (Å²) in [6.07, 6.45) is 3.67. The Labute approximate surface area is 155 Å². The molecule has 26 heavy (non-hydrogen) atoms. The molecule has 0 spiro atoms. The van der Waals surface area contributed by atoms with Crippen LogP contribution in [-0.4, -0.2) is 25.0 Å². The lowest BCUT2D eigenvalue weighted by molar-refractivity contribution is 0.0947. The van der Waals surface area contributed by atoms with Crippen LogP contribution in [0.2, 0.25) is 0 Å². The molecule has 4 heteroatoms. The first-order valence-corrected chi connectivity index (χ1v) is 9.66. The van der Waals surface area contributed by atoms with Crippen molar-refractivity contribution < 1.29 is 4.79 Å². The Morgan fingerprint density at radius 3 is 2.69 bits per heavy atom. The molecule has 2 aromatic rings. The summed E-state index contributed by atoms with van der Waals surface area (Å²) in [5.74, 6) is 1.42. The standard InChI is InChI=1S/C22H27N3O/c23-13-17-4-1-2-6-19(17)15-7-9-16(10-8-15)22(26)25-21-12-20(21)18-5-3-11-24-14-18/h1-2,4,6-10,18,20-21,24H,3,5,11-14,23H2,(H,25,26). The highest BCUT2D eigenvalue weighted by molar-refractivity contribution is 5.95. The number of benzene rings is 2. The van der Waals surface area contributed by atoms with E-state index in [0.717, 1.165) is 47.7 Å². The number of nitrogens with one attached hydrogen (secondary N) is 2. The highest BCUT2D eigenvalue weighted by Crippen LogP contribution is 2.40. The van der Waals surface area contributed by atoms with Crippen LogP contribution in [0.4, 0.5) is 0 Å². The summed E-state index contributed by atoms with van der Waals surface area (Å²) in [6, 6.07) is 16.3. The molecule has 0 bridgehead atoms. The van der Waals surface area contributed by atoms with Crippen molar-refractivity contribution in [2.24, 2.45) is 17.6 Å². The van der Waals surface area contributed by atoms with Gasteiger partial charge in [-0.3, -0.25) is 4.79 Å². The lowest BCUT2D eigenvalue weighted by Gasteiger charge is -2.22. The van der Waals surface area contributed by atoms with E-state index in [4.69, 9.17) is 5.73 Å². The molecule has 0 aromatic heterocycles. The number of nitrogens with two attached hydrogens (primary N) is 1. The molecule has 2 aromatic carbocycles. The van der Waals surface area contributed by atoms with Crippen molar-refractivity contribution in [1.82, 2.24) is 10.6 Å². The Morgan fingerprint density at radius 1 is 1.15 bits per heavy atom. The highest BCUT2D eigenvalue weighted by Gasteiger charge is 2.43. The SMILES string of the molecule is NCc1ccccc1-c1ccc(C(=O)NC2CC2C2CCCNC2)cc1. The van der Waals surface area contributed by atoms with Crippen molar-refractivity contribution in [2.75, 3.05) is 13.1 Å². The van der Waals surface area contributed by atoms with Gasteiger partial charge in [-0.2, -0.15) is 0 Å². The highest BCUT2D eigenvalue weighted by atomic mass is 16.1. The third-order valence-electron chi connectivity index (χ3n) is 5.79. The second kappa shape index (κ2) is 7.60. The minimum atomic E-state index is 0.0416. The predicted molar refractivity (Wildman–Crippen MR) is 105 cm³/mol. The Bertz CT molecular complexity index is 765. The third kappa shape index (κ3) is 3.67. The molecule has 4 rings (SSSR count). The van der Waals surface area contributed by atoms with Crippen LogP contribution in [0, 0.1) is 11.8 Å². The molecule has 0 radical (unpaired) electrons. The molecule has 136 valence electrons. The lowest BCUT2D eigenvalue weighted by Crippen LogP contribution is -2.34. The topological polar surface area (TPSA) is 67.2 Å². The summed E-state index contributed by atoms with van der Waals surface area (Å²) in [5, 5.41) is 6.68. The fourth-order valence-corrected chi connectivity index (χ4v) is 4.18. The molecule has 4 nitrogen and oxygen atoms in total. The molecule has 2 aliphatic rings. The quantitative estimate of drug-likeness (QED) is 0.777. The average molecular weight is 349 g/mol. The van der Waals surface area contributed by atoms with Crippen molar-refractivity contribution in [3.05, 3.63) is 59.7 Å². The van der Waals surface area contributed by atoms with Gasteiger partial charge in [-0.05, 0) is 73.0 Å². The zero-order valence-electron chi connectivity index (χ0n) is 15.1. The number of hydrogen-bond donors (Lipinski definition) is 3. The van der Waals surface area contributed by atoms with Crippen LogP contribution in [0.15, 0.2) is 48.5 Å². The van der Waals surface area contributed by atoms with Crippen molar-refractivity contribution in [1.29, 1.82) is 0 Å². The van der Waals surface area contributed by atoms with Crippen LogP contribution in [0.1, 0.15) is 35.2 Å². The van der Waals surface area contributed by atoms with Gasteiger partial charge in [0.2, 0.25) is 0 Å². The first-order valence-electron chi connectivity index (χ1n) is 9.66. The number of piperidine rings is 1. The Morgan fingerprint density at radius 2 is 1.96 bits per heavy atom. The van der Waals surface area contributed by atoms with Crippen molar-refractivity contribution in [3.8, 4) is 11.1 Å². The van der Waals surface area contributed by atoms with E-state index in [1.165, 1.54) is 12.8 Å². The molecule has 1 heterocycles. The number of amides is 1. The monoisotopic (exact) mass is 349 g/mol. The average Bonchev–Trinajstić information content (AvgIpc) is 3.48. The summed E-state index contributed by atoms with van der Waals surface area (Å²) in [6.45, 7) is 2.75. The van der Waals surface area contributed by atoms with E-state index in [1.807, 2.05) is 42.5 Å². The zero-order chi connectivity index (χ0) is 17.9. The van der Waals surface area contributed by atoms with Crippen LogP contribution in [0.25, 0.3) is 11.1 Å². The largest absolute Gasteiger partial charge is 0.349 e. The van der Waals surface area contributed by atoms with Gasteiger partial charge < -0.3 is 16.4 Å². The Balaban J connectivity index is 1.38. The van der Waals surface area contributed by atoms with E-state index in [9.17, 15) is 4.79 Å². The summed E-state index contributed by atoms with van der Waals surface area (Å²) >= 11 is 0. The number of carbonyl (C=O) groups is 1. The van der Waals surface area contributed by atoms with Gasteiger partial charge in [0, 0.05) is 18.2 Å². The Hall–Kier alpha value is -2.17. The smallest absolute Gasteiger partial charge is 0.251 e. The minimum absolute atomic E-state index is 0.0416. The first kappa shape index (κ1) is 17.3. The second-order valence-electron chi connectivity index (χ2n) is 7.52. The van der Waals surface area contributed by atoms with Gasteiger partial charge in [-0.1, -0.05) is 36.4 Å². The van der Waals surface area contributed by atoms with Gasteiger partial charge in [0.1, 0.15) is 0 Å². The predicted octanol–water partition coefficient (Wildman–Crippen LogP) is 2.93. The maximum absolute atomic E-state index is 12.5. The molecule has 2 fully saturated rings. The molecule has 1 saturated heterocycles. The van der Waals surface area contributed by atoms with Crippen LogP contribution in [0.3, 0.4) is 0 Å². The van der Waals surface area contributed by atoms with Crippen LogP contribution < -0.4 is 16.4 Å².